The molecular weight excluding hydrogens is 228 g/mol. The van der Waals surface area contributed by atoms with E-state index < -0.39 is 11.2 Å². The Labute approximate surface area is 96.5 Å². The first-order chi connectivity index (χ1) is 7.97. The van der Waals surface area contributed by atoms with Crippen LogP contribution in [0.2, 0.25) is 0 Å². The number of carbonyl (C=O) groups excluding carboxylic acids is 1. The SMILES string of the molecule is CC(=O)Nc1cc2c(cc1[N+](=O)[O-])OC(C)O2. The highest BCUT2D eigenvalue weighted by Crippen LogP contribution is 2.42. The van der Waals surface area contributed by atoms with Crippen LogP contribution in [0.25, 0.3) is 0 Å². The molecule has 0 bridgehead atoms. The van der Waals surface area contributed by atoms with Gasteiger partial charge < -0.3 is 14.8 Å². The third-order valence-electron chi connectivity index (χ3n) is 2.16. The summed E-state index contributed by atoms with van der Waals surface area (Å²) in [6.45, 7) is 2.95. The van der Waals surface area contributed by atoms with Crippen LogP contribution >= 0.6 is 0 Å². The highest BCUT2D eigenvalue weighted by Gasteiger charge is 2.27. The first-order valence-electron chi connectivity index (χ1n) is 4.90. The van der Waals surface area contributed by atoms with Crippen molar-refractivity contribution in [2.45, 2.75) is 20.1 Å². The number of anilines is 1. The fourth-order valence-corrected chi connectivity index (χ4v) is 1.56. The third kappa shape index (κ3) is 2.12. The Bertz CT molecular complexity index is 500. The number of nitrogens with zero attached hydrogens (tertiary/aromatic N) is 1. The van der Waals surface area contributed by atoms with E-state index in [9.17, 15) is 14.9 Å². The Balaban J connectivity index is 2.47. The molecule has 0 fully saturated rings. The fraction of sp³-hybridized carbons (Fsp3) is 0.300. The second-order valence-corrected chi connectivity index (χ2v) is 3.56. The maximum atomic E-state index is 10.9. The van der Waals surface area contributed by atoms with Gasteiger partial charge in [0.05, 0.1) is 11.0 Å². The van der Waals surface area contributed by atoms with Gasteiger partial charge in [0.1, 0.15) is 5.69 Å². The van der Waals surface area contributed by atoms with Crippen molar-refractivity contribution in [2.24, 2.45) is 0 Å². The predicted molar refractivity (Wildman–Crippen MR) is 58.1 cm³/mol. The van der Waals surface area contributed by atoms with Gasteiger partial charge in [0, 0.05) is 19.9 Å². The molecule has 1 amide bonds. The highest BCUT2D eigenvalue weighted by atomic mass is 16.7. The first kappa shape index (κ1) is 11.2. The molecule has 2 rings (SSSR count). The van der Waals surface area contributed by atoms with Crippen LogP contribution in [0.4, 0.5) is 11.4 Å². The Morgan fingerprint density at radius 1 is 1.41 bits per heavy atom. The minimum absolute atomic E-state index is 0.0963. The zero-order chi connectivity index (χ0) is 12.6. The average molecular weight is 238 g/mol. The van der Waals surface area contributed by atoms with Crippen molar-refractivity contribution in [3.63, 3.8) is 0 Å². The molecule has 1 atom stereocenters. The number of hydrogen-bond acceptors (Lipinski definition) is 5. The molecule has 1 aliphatic rings. The molecular formula is C10H10N2O5. The van der Waals surface area contributed by atoms with E-state index in [1.165, 1.54) is 19.1 Å². The van der Waals surface area contributed by atoms with Crippen LogP contribution in [0.5, 0.6) is 11.5 Å². The van der Waals surface area contributed by atoms with E-state index in [2.05, 4.69) is 5.32 Å². The summed E-state index contributed by atoms with van der Waals surface area (Å²) in [6, 6.07) is 2.63. The number of hydrogen-bond donors (Lipinski definition) is 1. The summed E-state index contributed by atoms with van der Waals surface area (Å²) in [7, 11) is 0. The number of nitro benzene ring substituents is 1. The van der Waals surface area contributed by atoms with Gasteiger partial charge in [0.15, 0.2) is 11.5 Å². The van der Waals surface area contributed by atoms with Crippen LogP contribution in [0.3, 0.4) is 0 Å². The lowest BCUT2D eigenvalue weighted by molar-refractivity contribution is -0.384. The van der Waals surface area contributed by atoms with Crippen LogP contribution in [-0.2, 0) is 4.79 Å². The van der Waals surface area contributed by atoms with Crippen molar-refractivity contribution in [3.05, 3.63) is 22.2 Å². The molecule has 1 aromatic carbocycles. The molecule has 0 aliphatic carbocycles. The number of carbonyl (C=O) groups is 1. The van der Waals surface area contributed by atoms with Gasteiger partial charge in [-0.2, -0.15) is 0 Å². The van der Waals surface area contributed by atoms with Crippen molar-refractivity contribution in [1.29, 1.82) is 0 Å². The normalized spacial score (nSPS) is 16.7. The smallest absolute Gasteiger partial charge is 0.296 e. The van der Waals surface area contributed by atoms with Gasteiger partial charge in [0.25, 0.3) is 5.69 Å². The van der Waals surface area contributed by atoms with Gasteiger partial charge in [-0.3, -0.25) is 14.9 Å². The summed E-state index contributed by atoms with van der Waals surface area (Å²) in [6.07, 6.45) is -0.489. The Hall–Kier alpha value is -2.31. The van der Waals surface area contributed by atoms with Gasteiger partial charge in [-0.05, 0) is 0 Å². The number of fused-ring (bicyclic) bond motifs is 1. The number of rotatable bonds is 2. The van der Waals surface area contributed by atoms with Crippen LogP contribution in [0.15, 0.2) is 12.1 Å². The molecule has 0 spiro atoms. The molecule has 7 nitrogen and oxygen atoms in total. The number of nitrogens with one attached hydrogen (secondary N) is 1. The quantitative estimate of drug-likeness (QED) is 0.625. The molecule has 7 heteroatoms. The maximum Gasteiger partial charge on any atom is 0.296 e. The van der Waals surface area contributed by atoms with Crippen LogP contribution in [-0.4, -0.2) is 17.1 Å². The largest absolute Gasteiger partial charge is 0.451 e. The Morgan fingerprint density at radius 2 is 2.00 bits per heavy atom. The summed E-state index contributed by atoms with van der Waals surface area (Å²) >= 11 is 0. The van der Waals surface area contributed by atoms with E-state index in [-0.39, 0.29) is 17.3 Å². The topological polar surface area (TPSA) is 90.7 Å². The Kier molecular flexibility index (Phi) is 2.58. The molecule has 0 saturated heterocycles. The van der Waals surface area contributed by atoms with Crippen LogP contribution in [0.1, 0.15) is 13.8 Å². The second-order valence-electron chi connectivity index (χ2n) is 3.56. The van der Waals surface area contributed by atoms with Gasteiger partial charge >= 0.3 is 0 Å². The predicted octanol–water partition coefficient (Wildman–Crippen LogP) is 1.67. The molecule has 90 valence electrons. The third-order valence-corrected chi connectivity index (χ3v) is 2.16. The minimum atomic E-state index is -0.585. The van der Waals surface area contributed by atoms with Gasteiger partial charge in [-0.15, -0.1) is 0 Å². The van der Waals surface area contributed by atoms with E-state index in [1.54, 1.807) is 6.92 Å². The van der Waals surface area contributed by atoms with Crippen molar-refractivity contribution < 1.29 is 19.2 Å². The van der Waals surface area contributed by atoms with Gasteiger partial charge in [-0.1, -0.05) is 0 Å². The van der Waals surface area contributed by atoms with Gasteiger partial charge in [-0.25, -0.2) is 0 Å². The van der Waals surface area contributed by atoms with Crippen molar-refractivity contribution >= 4 is 17.3 Å². The fourth-order valence-electron chi connectivity index (χ4n) is 1.56. The molecule has 1 N–H and O–H groups in total. The molecule has 1 unspecified atom stereocenters. The summed E-state index contributed by atoms with van der Waals surface area (Å²) in [5.74, 6) is 0.296. The zero-order valence-electron chi connectivity index (χ0n) is 9.22. The van der Waals surface area contributed by atoms with Crippen LogP contribution < -0.4 is 14.8 Å². The lowest BCUT2D eigenvalue weighted by atomic mass is 10.2. The van der Waals surface area contributed by atoms with E-state index in [4.69, 9.17) is 9.47 Å². The lowest BCUT2D eigenvalue weighted by Gasteiger charge is -2.04. The number of amides is 1. The van der Waals surface area contributed by atoms with Gasteiger partial charge in [0.2, 0.25) is 12.2 Å². The molecule has 0 radical (unpaired) electrons. The number of ether oxygens (including phenoxy) is 2. The van der Waals surface area contributed by atoms with E-state index in [0.29, 0.717) is 11.5 Å². The average Bonchev–Trinajstić information content (AvgIpc) is 2.54. The Morgan fingerprint density at radius 3 is 2.53 bits per heavy atom. The molecule has 1 aliphatic heterocycles. The molecule has 0 saturated carbocycles. The second kappa shape index (κ2) is 3.93. The zero-order valence-corrected chi connectivity index (χ0v) is 9.22. The molecule has 17 heavy (non-hydrogen) atoms. The van der Waals surface area contributed by atoms with E-state index in [1.807, 2.05) is 0 Å². The molecule has 1 heterocycles. The van der Waals surface area contributed by atoms with Crippen molar-refractivity contribution in [2.75, 3.05) is 5.32 Å². The summed E-state index contributed by atoms with van der Waals surface area (Å²) in [4.78, 5) is 21.2. The summed E-state index contributed by atoms with van der Waals surface area (Å²) < 4.78 is 10.5. The molecule has 1 aromatic rings. The van der Waals surface area contributed by atoms with E-state index >= 15 is 0 Å². The van der Waals surface area contributed by atoms with Crippen LogP contribution in [0, 0.1) is 10.1 Å². The minimum Gasteiger partial charge on any atom is -0.451 e. The monoisotopic (exact) mass is 238 g/mol. The van der Waals surface area contributed by atoms with Crippen molar-refractivity contribution in [1.82, 2.24) is 0 Å². The molecule has 0 aromatic heterocycles. The highest BCUT2D eigenvalue weighted by molar-refractivity contribution is 5.92. The van der Waals surface area contributed by atoms with Crippen molar-refractivity contribution in [3.8, 4) is 11.5 Å². The summed E-state index contributed by atoms with van der Waals surface area (Å²) in [5.41, 5.74) is -0.129. The maximum absolute atomic E-state index is 10.9. The first-order valence-corrected chi connectivity index (χ1v) is 4.90. The number of nitro groups is 1. The lowest BCUT2D eigenvalue weighted by Crippen LogP contribution is -2.11. The summed E-state index contributed by atoms with van der Waals surface area (Å²) in [5, 5.41) is 13.2. The number of benzene rings is 1. The standard InChI is InChI=1S/C10H10N2O5/c1-5(13)11-7-3-9-10(17-6(2)16-9)4-8(7)12(14)15/h3-4,6H,1-2H3,(H,11,13). The van der Waals surface area contributed by atoms with E-state index in [0.717, 1.165) is 0 Å².